The fraction of sp³-hybridized carbons (Fsp3) is 0.250. The molecule has 0 aliphatic rings. The monoisotopic (exact) mass is 424 g/mol. The minimum atomic E-state index is -1.33. The molecule has 0 spiro atoms. The molecule has 6 heteroatoms. The number of hydrogen-bond acceptors (Lipinski definition) is 5. The smallest absolute Gasteiger partial charge is 0.347 e. The highest BCUT2D eigenvalue weighted by atomic mass is 32.2. The number of ether oxygens (including phenoxy) is 1. The molecule has 0 aliphatic heterocycles. The molecular formula is C24H24O5S. The number of aliphatic carboxylic acids is 1. The summed E-state index contributed by atoms with van der Waals surface area (Å²) >= 11 is 1.61. The number of carbonyl (C=O) groups excluding carboxylic acids is 1. The van der Waals surface area contributed by atoms with Gasteiger partial charge in [-0.3, -0.25) is 4.79 Å². The largest absolute Gasteiger partial charge is 0.478 e. The average Bonchev–Trinajstić information content (AvgIpc) is 3.18. The maximum Gasteiger partial charge on any atom is 0.347 e. The predicted molar refractivity (Wildman–Crippen MR) is 120 cm³/mol. The van der Waals surface area contributed by atoms with Crippen LogP contribution in [-0.4, -0.2) is 28.7 Å². The topological polar surface area (TPSA) is 76.7 Å². The van der Waals surface area contributed by atoms with Gasteiger partial charge in [-0.1, -0.05) is 6.08 Å². The predicted octanol–water partition coefficient (Wildman–Crippen LogP) is 5.91. The summed E-state index contributed by atoms with van der Waals surface area (Å²) in [4.78, 5) is 25.2. The Morgan fingerprint density at radius 2 is 1.80 bits per heavy atom. The van der Waals surface area contributed by atoms with Crippen molar-refractivity contribution in [2.45, 2.75) is 38.2 Å². The fourth-order valence-corrected chi connectivity index (χ4v) is 3.79. The summed E-state index contributed by atoms with van der Waals surface area (Å²) in [5, 5.41) is 10.2. The second-order valence-electron chi connectivity index (χ2n) is 7.58. The van der Waals surface area contributed by atoms with Gasteiger partial charge in [0.25, 0.3) is 0 Å². The number of rotatable bonds is 7. The Labute approximate surface area is 179 Å². The van der Waals surface area contributed by atoms with E-state index in [0.717, 1.165) is 27.0 Å². The number of carbonyl (C=O) groups is 2. The lowest BCUT2D eigenvalue weighted by Crippen LogP contribution is -2.38. The maximum atomic E-state index is 12.8. The standard InChI is InChI=1S/C24H24O5S/c1-14-12-16(13-15(2)21(14)29-24(3,4)23(26)27)6-8-19(25)17-7-9-20(30-5)18-10-11-28-22(17)18/h6-13H,1-5H3,(H,26,27). The van der Waals surface area contributed by atoms with Crippen molar-refractivity contribution >= 4 is 40.6 Å². The number of hydrogen-bond donors (Lipinski definition) is 1. The zero-order valence-corrected chi connectivity index (χ0v) is 18.4. The molecule has 1 aromatic heterocycles. The van der Waals surface area contributed by atoms with E-state index in [9.17, 15) is 14.7 Å². The lowest BCUT2D eigenvalue weighted by atomic mass is 10.0. The zero-order valence-electron chi connectivity index (χ0n) is 17.6. The molecule has 0 aliphatic carbocycles. The third-order valence-corrected chi connectivity index (χ3v) is 5.64. The molecule has 30 heavy (non-hydrogen) atoms. The Bertz CT molecular complexity index is 1130. The van der Waals surface area contributed by atoms with Gasteiger partial charge in [0.15, 0.2) is 11.4 Å². The van der Waals surface area contributed by atoms with E-state index >= 15 is 0 Å². The Kier molecular flexibility index (Phi) is 6.08. The molecule has 3 aromatic rings. The molecule has 156 valence electrons. The van der Waals surface area contributed by atoms with Gasteiger partial charge in [-0.25, -0.2) is 4.79 Å². The van der Waals surface area contributed by atoms with Crippen LogP contribution in [0, 0.1) is 13.8 Å². The van der Waals surface area contributed by atoms with Gasteiger partial charge in [-0.05, 0) is 87.0 Å². The van der Waals surface area contributed by atoms with E-state index in [-0.39, 0.29) is 5.78 Å². The molecule has 0 radical (unpaired) electrons. The molecule has 1 N–H and O–H groups in total. The van der Waals surface area contributed by atoms with E-state index in [1.54, 1.807) is 30.2 Å². The highest BCUT2D eigenvalue weighted by molar-refractivity contribution is 7.98. The summed E-state index contributed by atoms with van der Waals surface area (Å²) in [5.74, 6) is -0.645. The summed E-state index contributed by atoms with van der Waals surface area (Å²) in [6, 6.07) is 9.30. The molecular weight excluding hydrogens is 400 g/mol. The maximum absolute atomic E-state index is 12.8. The van der Waals surface area contributed by atoms with Crippen LogP contribution in [0.1, 0.15) is 40.9 Å². The van der Waals surface area contributed by atoms with Crippen LogP contribution in [0.5, 0.6) is 5.75 Å². The first-order chi connectivity index (χ1) is 14.1. The van der Waals surface area contributed by atoms with Crippen LogP contribution in [0.25, 0.3) is 17.0 Å². The average molecular weight is 425 g/mol. The van der Waals surface area contributed by atoms with E-state index in [2.05, 4.69) is 0 Å². The molecule has 0 saturated carbocycles. The van der Waals surface area contributed by atoms with Crippen LogP contribution in [-0.2, 0) is 4.79 Å². The lowest BCUT2D eigenvalue weighted by molar-refractivity contribution is -0.152. The van der Waals surface area contributed by atoms with Crippen molar-refractivity contribution in [1.82, 2.24) is 0 Å². The highest BCUT2D eigenvalue weighted by Gasteiger charge is 2.30. The second-order valence-corrected chi connectivity index (χ2v) is 8.43. The van der Waals surface area contributed by atoms with Crippen molar-refractivity contribution < 1.29 is 23.8 Å². The molecule has 3 rings (SSSR count). The number of benzene rings is 2. The van der Waals surface area contributed by atoms with Gasteiger partial charge in [-0.2, -0.15) is 0 Å². The number of ketones is 1. The Hall–Kier alpha value is -2.99. The summed E-state index contributed by atoms with van der Waals surface area (Å²) in [6.45, 7) is 6.73. The SMILES string of the molecule is CSc1ccc(C(=O)C=Cc2cc(C)c(OC(C)(C)C(=O)O)c(C)c2)c2occc12. The van der Waals surface area contributed by atoms with E-state index in [4.69, 9.17) is 9.15 Å². The summed E-state index contributed by atoms with van der Waals surface area (Å²) in [5.41, 5.74) is 2.20. The summed E-state index contributed by atoms with van der Waals surface area (Å²) < 4.78 is 11.3. The quantitative estimate of drug-likeness (QED) is 0.289. The molecule has 2 aromatic carbocycles. The number of carboxylic acids is 1. The Balaban J connectivity index is 1.87. The number of furan rings is 1. The number of fused-ring (bicyclic) bond motifs is 1. The number of aryl methyl sites for hydroxylation is 2. The first kappa shape index (κ1) is 21.7. The van der Waals surface area contributed by atoms with Crippen molar-refractivity contribution in [1.29, 1.82) is 0 Å². The van der Waals surface area contributed by atoms with Crippen molar-refractivity contribution in [3.05, 3.63) is 64.9 Å². The third-order valence-electron chi connectivity index (χ3n) is 4.84. The molecule has 0 bridgehead atoms. The van der Waals surface area contributed by atoms with Gasteiger partial charge >= 0.3 is 5.97 Å². The van der Waals surface area contributed by atoms with Gasteiger partial charge in [0, 0.05) is 10.3 Å². The minimum Gasteiger partial charge on any atom is -0.478 e. The third kappa shape index (κ3) is 4.28. The van der Waals surface area contributed by atoms with Crippen molar-refractivity contribution in [2.75, 3.05) is 6.26 Å². The molecule has 0 fully saturated rings. The van der Waals surface area contributed by atoms with Gasteiger partial charge in [0.1, 0.15) is 11.3 Å². The van der Waals surface area contributed by atoms with Crippen molar-refractivity contribution in [3.63, 3.8) is 0 Å². The first-order valence-corrected chi connectivity index (χ1v) is 10.7. The van der Waals surface area contributed by atoms with Crippen LogP contribution in [0.2, 0.25) is 0 Å². The molecule has 0 saturated heterocycles. The van der Waals surface area contributed by atoms with Gasteiger partial charge in [0.2, 0.25) is 0 Å². The molecule has 0 atom stereocenters. The molecule has 0 amide bonds. The fourth-order valence-electron chi connectivity index (χ4n) is 3.21. The number of thioether (sulfide) groups is 1. The van der Waals surface area contributed by atoms with E-state index in [1.165, 1.54) is 19.9 Å². The number of carboxylic acid groups (broad SMARTS) is 1. The highest BCUT2D eigenvalue weighted by Crippen LogP contribution is 2.31. The first-order valence-electron chi connectivity index (χ1n) is 9.44. The molecule has 1 heterocycles. The van der Waals surface area contributed by atoms with Crippen molar-refractivity contribution in [2.24, 2.45) is 0 Å². The number of allylic oxidation sites excluding steroid dienone is 1. The minimum absolute atomic E-state index is 0.148. The normalized spacial score (nSPS) is 11.9. The van der Waals surface area contributed by atoms with Crippen LogP contribution in [0.4, 0.5) is 0 Å². The van der Waals surface area contributed by atoms with Gasteiger partial charge in [0.05, 0.1) is 11.8 Å². The lowest BCUT2D eigenvalue weighted by Gasteiger charge is -2.24. The zero-order chi connectivity index (χ0) is 22.1. The molecule has 5 nitrogen and oxygen atoms in total. The summed E-state index contributed by atoms with van der Waals surface area (Å²) in [6.07, 6.45) is 6.84. The van der Waals surface area contributed by atoms with E-state index < -0.39 is 11.6 Å². The Morgan fingerprint density at radius 3 is 2.40 bits per heavy atom. The van der Waals surface area contributed by atoms with Crippen LogP contribution < -0.4 is 4.74 Å². The molecule has 0 unspecified atom stereocenters. The second kappa shape index (κ2) is 8.40. The van der Waals surface area contributed by atoms with Gasteiger partial charge in [-0.15, -0.1) is 11.8 Å². The van der Waals surface area contributed by atoms with Crippen LogP contribution in [0.15, 0.2) is 52.0 Å². The van der Waals surface area contributed by atoms with Crippen LogP contribution >= 0.6 is 11.8 Å². The summed E-state index contributed by atoms with van der Waals surface area (Å²) in [7, 11) is 0. The van der Waals surface area contributed by atoms with Crippen LogP contribution in [0.3, 0.4) is 0 Å². The van der Waals surface area contributed by atoms with E-state index in [1.807, 2.05) is 44.4 Å². The van der Waals surface area contributed by atoms with Crippen molar-refractivity contribution in [3.8, 4) is 5.75 Å². The van der Waals surface area contributed by atoms with E-state index in [0.29, 0.717) is 16.9 Å². The van der Waals surface area contributed by atoms with Gasteiger partial charge < -0.3 is 14.3 Å². The Morgan fingerprint density at radius 1 is 1.13 bits per heavy atom.